The number of rotatable bonds is 5. The first kappa shape index (κ1) is 14.3. The molecule has 1 fully saturated rings. The maximum atomic E-state index is 10.4. The van der Waals surface area contributed by atoms with Gasteiger partial charge in [0.25, 0.3) is 0 Å². The van der Waals surface area contributed by atoms with Gasteiger partial charge in [0, 0.05) is 12.6 Å². The zero-order valence-electron chi connectivity index (χ0n) is 12.7. The Morgan fingerprint density at radius 1 is 1.19 bits per heavy atom. The van der Waals surface area contributed by atoms with E-state index in [-0.39, 0.29) is 0 Å². The Bertz CT molecular complexity index is 567. The summed E-state index contributed by atoms with van der Waals surface area (Å²) < 4.78 is 2.09. The Labute approximate surface area is 126 Å². The summed E-state index contributed by atoms with van der Waals surface area (Å²) in [4.78, 5) is 0. The van der Waals surface area contributed by atoms with Crippen molar-refractivity contribution in [2.45, 2.75) is 57.6 Å². The van der Waals surface area contributed by atoms with E-state index < -0.39 is 6.10 Å². The van der Waals surface area contributed by atoms with E-state index in [1.165, 1.54) is 31.2 Å². The molecule has 1 N–H and O–H groups in total. The third-order valence-electron chi connectivity index (χ3n) is 4.54. The van der Waals surface area contributed by atoms with Crippen LogP contribution in [-0.4, -0.2) is 14.9 Å². The van der Waals surface area contributed by atoms with E-state index in [0.717, 1.165) is 17.7 Å². The maximum Gasteiger partial charge on any atom is 0.0846 e. The second kappa shape index (κ2) is 6.44. The van der Waals surface area contributed by atoms with E-state index in [0.29, 0.717) is 12.5 Å². The molecule has 1 aromatic heterocycles. The summed E-state index contributed by atoms with van der Waals surface area (Å²) in [7, 11) is 0. The van der Waals surface area contributed by atoms with Crippen molar-refractivity contribution in [2.75, 3.05) is 0 Å². The molecule has 21 heavy (non-hydrogen) atoms. The van der Waals surface area contributed by atoms with Crippen molar-refractivity contribution in [3.63, 3.8) is 0 Å². The molecule has 3 nitrogen and oxygen atoms in total. The van der Waals surface area contributed by atoms with Gasteiger partial charge in [-0.15, -0.1) is 0 Å². The lowest BCUT2D eigenvalue weighted by molar-refractivity contribution is 0.176. The zero-order valence-corrected chi connectivity index (χ0v) is 12.7. The minimum Gasteiger partial charge on any atom is -0.388 e. The molecule has 1 atom stereocenters. The lowest BCUT2D eigenvalue weighted by Crippen LogP contribution is -2.07. The molecule has 1 saturated carbocycles. The minimum atomic E-state index is -0.470. The van der Waals surface area contributed by atoms with Crippen molar-refractivity contribution < 1.29 is 5.11 Å². The Morgan fingerprint density at radius 3 is 2.57 bits per heavy atom. The van der Waals surface area contributed by atoms with Crippen LogP contribution in [0, 0.1) is 0 Å². The summed E-state index contributed by atoms with van der Waals surface area (Å²) in [5.74, 6) is 0. The van der Waals surface area contributed by atoms with Gasteiger partial charge >= 0.3 is 0 Å². The molecular formula is C18H24N2O. The molecular weight excluding hydrogens is 260 g/mol. The van der Waals surface area contributed by atoms with Crippen LogP contribution in [0.25, 0.3) is 0 Å². The molecule has 0 bridgehead atoms. The number of aromatic nitrogens is 2. The van der Waals surface area contributed by atoms with E-state index in [4.69, 9.17) is 0 Å². The lowest BCUT2D eigenvalue weighted by Gasteiger charge is -2.11. The first-order valence-corrected chi connectivity index (χ1v) is 8.07. The van der Waals surface area contributed by atoms with Crippen LogP contribution in [0.2, 0.25) is 0 Å². The first-order chi connectivity index (χ1) is 10.3. The number of aliphatic hydroxyl groups excluding tert-OH is 1. The van der Waals surface area contributed by atoms with E-state index in [9.17, 15) is 5.11 Å². The number of nitrogens with zero attached hydrogens (tertiary/aromatic N) is 2. The highest BCUT2D eigenvalue weighted by Crippen LogP contribution is 2.29. The summed E-state index contributed by atoms with van der Waals surface area (Å²) in [6, 6.07) is 10.8. The van der Waals surface area contributed by atoms with Gasteiger partial charge in [0.1, 0.15) is 0 Å². The van der Waals surface area contributed by atoms with Gasteiger partial charge in [-0.05, 0) is 36.5 Å². The predicted octanol–water partition coefficient (Wildman–Crippen LogP) is 3.84. The van der Waals surface area contributed by atoms with Crippen molar-refractivity contribution in [1.82, 2.24) is 9.78 Å². The molecule has 0 spiro atoms. The molecule has 3 heteroatoms. The van der Waals surface area contributed by atoms with Gasteiger partial charge in [0.05, 0.1) is 17.8 Å². The fourth-order valence-corrected chi connectivity index (χ4v) is 3.15. The largest absolute Gasteiger partial charge is 0.388 e. The van der Waals surface area contributed by atoms with E-state index >= 15 is 0 Å². The Morgan fingerprint density at radius 2 is 1.90 bits per heavy atom. The Kier molecular flexibility index (Phi) is 4.39. The van der Waals surface area contributed by atoms with E-state index in [2.05, 4.69) is 35.0 Å². The van der Waals surface area contributed by atoms with Crippen molar-refractivity contribution in [1.29, 1.82) is 0 Å². The predicted molar refractivity (Wildman–Crippen MR) is 84.2 cm³/mol. The number of benzene rings is 1. The monoisotopic (exact) mass is 284 g/mol. The number of aryl methyl sites for hydroxylation is 1. The van der Waals surface area contributed by atoms with Crippen molar-refractivity contribution in [3.8, 4) is 0 Å². The summed E-state index contributed by atoms with van der Waals surface area (Å²) in [6.07, 6.45) is 8.32. The van der Waals surface area contributed by atoms with Gasteiger partial charge in [-0.25, -0.2) is 0 Å². The van der Waals surface area contributed by atoms with Crippen molar-refractivity contribution >= 4 is 0 Å². The van der Waals surface area contributed by atoms with E-state index in [1.54, 1.807) is 0 Å². The van der Waals surface area contributed by atoms with Gasteiger partial charge in [-0.1, -0.05) is 44.0 Å². The minimum absolute atomic E-state index is 0.470. The lowest BCUT2D eigenvalue weighted by atomic mass is 10.0. The van der Waals surface area contributed by atoms with E-state index in [1.807, 2.05) is 18.2 Å². The molecule has 1 aromatic carbocycles. The highest BCUT2D eigenvalue weighted by atomic mass is 16.3. The average molecular weight is 284 g/mol. The SMILES string of the molecule is CCc1ccc(C(O)Cc2ccn(C3CCCC3)n2)cc1. The molecule has 0 radical (unpaired) electrons. The zero-order chi connectivity index (χ0) is 14.7. The third kappa shape index (κ3) is 3.35. The van der Waals surface area contributed by atoms with Crippen LogP contribution in [-0.2, 0) is 12.8 Å². The Balaban J connectivity index is 1.64. The fraction of sp³-hybridized carbons (Fsp3) is 0.500. The summed E-state index contributed by atoms with van der Waals surface area (Å²) >= 11 is 0. The molecule has 2 aromatic rings. The normalized spacial score (nSPS) is 17.2. The standard InChI is InChI=1S/C18H24N2O/c1-2-14-7-9-15(10-8-14)18(21)13-16-11-12-20(19-16)17-5-3-4-6-17/h7-12,17-18,21H,2-6,13H2,1H3. The first-order valence-electron chi connectivity index (χ1n) is 8.07. The van der Waals surface area contributed by atoms with Gasteiger partial charge in [-0.2, -0.15) is 5.10 Å². The topological polar surface area (TPSA) is 38.0 Å². The molecule has 112 valence electrons. The molecule has 0 amide bonds. The van der Waals surface area contributed by atoms with Crippen LogP contribution in [0.1, 0.15) is 61.6 Å². The molecule has 0 saturated heterocycles. The molecule has 1 heterocycles. The summed E-state index contributed by atoms with van der Waals surface area (Å²) in [6.45, 7) is 2.14. The van der Waals surface area contributed by atoms with Gasteiger partial charge in [-0.3, -0.25) is 4.68 Å². The number of aliphatic hydroxyl groups is 1. The van der Waals surface area contributed by atoms with Gasteiger partial charge in [0.2, 0.25) is 0 Å². The van der Waals surface area contributed by atoms with Crippen molar-refractivity contribution in [3.05, 3.63) is 53.3 Å². The van der Waals surface area contributed by atoms with Crippen LogP contribution in [0.15, 0.2) is 36.5 Å². The second-order valence-electron chi connectivity index (χ2n) is 6.04. The average Bonchev–Trinajstić information content (AvgIpc) is 3.18. The summed E-state index contributed by atoms with van der Waals surface area (Å²) in [5, 5.41) is 15.0. The molecule has 1 unspecified atom stereocenters. The van der Waals surface area contributed by atoms with Crippen LogP contribution >= 0.6 is 0 Å². The second-order valence-corrected chi connectivity index (χ2v) is 6.04. The number of hydrogen-bond donors (Lipinski definition) is 1. The van der Waals surface area contributed by atoms with Crippen molar-refractivity contribution in [2.24, 2.45) is 0 Å². The quantitative estimate of drug-likeness (QED) is 0.906. The van der Waals surface area contributed by atoms with Crippen LogP contribution < -0.4 is 0 Å². The summed E-state index contributed by atoms with van der Waals surface area (Å²) in [5.41, 5.74) is 3.26. The molecule has 0 aliphatic heterocycles. The fourth-order valence-electron chi connectivity index (χ4n) is 3.15. The van der Waals surface area contributed by atoms with Gasteiger partial charge in [0.15, 0.2) is 0 Å². The molecule has 3 rings (SSSR count). The highest BCUT2D eigenvalue weighted by molar-refractivity contribution is 5.25. The Hall–Kier alpha value is -1.61. The molecule has 1 aliphatic rings. The van der Waals surface area contributed by atoms with Crippen LogP contribution in [0.5, 0.6) is 0 Å². The van der Waals surface area contributed by atoms with Crippen LogP contribution in [0.4, 0.5) is 0 Å². The van der Waals surface area contributed by atoms with Crippen LogP contribution in [0.3, 0.4) is 0 Å². The third-order valence-corrected chi connectivity index (χ3v) is 4.54. The highest BCUT2D eigenvalue weighted by Gasteiger charge is 2.18. The maximum absolute atomic E-state index is 10.4. The molecule has 1 aliphatic carbocycles. The van der Waals surface area contributed by atoms with Gasteiger partial charge < -0.3 is 5.11 Å². The number of hydrogen-bond acceptors (Lipinski definition) is 2. The smallest absolute Gasteiger partial charge is 0.0846 e.